The van der Waals surface area contributed by atoms with Crippen LogP contribution in [0.2, 0.25) is 0 Å². The fraction of sp³-hybridized carbons (Fsp3) is 0.375. The van der Waals surface area contributed by atoms with Gasteiger partial charge in [0.05, 0.1) is 4.92 Å². The molecule has 2 heterocycles. The van der Waals surface area contributed by atoms with Crippen molar-refractivity contribution < 1.29 is 9.72 Å². The van der Waals surface area contributed by atoms with E-state index >= 15 is 0 Å². The zero-order valence-corrected chi connectivity index (χ0v) is 13.1. The highest BCUT2D eigenvalue weighted by molar-refractivity contribution is 5.76. The quantitative estimate of drug-likeness (QED) is 0.650. The topological polar surface area (TPSA) is 107 Å². The molecule has 0 bridgehead atoms. The van der Waals surface area contributed by atoms with Crippen molar-refractivity contribution in [2.75, 3.05) is 19.6 Å². The molecule has 24 heavy (non-hydrogen) atoms. The lowest BCUT2D eigenvalue weighted by Crippen LogP contribution is -2.32. The zero-order valence-electron chi connectivity index (χ0n) is 13.1. The lowest BCUT2D eigenvalue weighted by Gasteiger charge is -2.16. The molecule has 0 radical (unpaired) electrons. The molecule has 0 saturated carbocycles. The first-order chi connectivity index (χ1) is 11.6. The van der Waals surface area contributed by atoms with Crippen LogP contribution in [0.15, 0.2) is 42.7 Å². The molecular weight excluding hydrogens is 310 g/mol. The predicted octanol–water partition coefficient (Wildman–Crippen LogP) is 0.992. The number of benzene rings is 1. The van der Waals surface area contributed by atoms with Crippen LogP contribution < -0.4 is 5.73 Å². The van der Waals surface area contributed by atoms with Crippen molar-refractivity contribution >= 4 is 11.6 Å². The highest BCUT2D eigenvalue weighted by Gasteiger charge is 2.35. The number of hydrogen-bond donors (Lipinski definition) is 1. The van der Waals surface area contributed by atoms with E-state index in [1.165, 1.54) is 16.4 Å². The van der Waals surface area contributed by atoms with Gasteiger partial charge in [0.1, 0.15) is 18.9 Å². The van der Waals surface area contributed by atoms with Gasteiger partial charge in [-0.25, -0.2) is 0 Å². The molecule has 0 unspecified atom stereocenters. The zero-order chi connectivity index (χ0) is 17.1. The Balaban J connectivity index is 1.68. The van der Waals surface area contributed by atoms with E-state index in [0.717, 1.165) is 6.20 Å². The van der Waals surface area contributed by atoms with Gasteiger partial charge in [0, 0.05) is 19.0 Å². The predicted molar refractivity (Wildman–Crippen MR) is 87.2 cm³/mol. The Kier molecular flexibility index (Phi) is 4.57. The third-order valence-corrected chi connectivity index (χ3v) is 4.45. The van der Waals surface area contributed by atoms with Gasteiger partial charge >= 0.3 is 5.69 Å². The number of nitrogens with two attached hydrogens (primary N) is 1. The van der Waals surface area contributed by atoms with Gasteiger partial charge in [0.25, 0.3) is 0 Å². The van der Waals surface area contributed by atoms with Crippen LogP contribution in [-0.2, 0) is 11.3 Å². The molecule has 2 atom stereocenters. The van der Waals surface area contributed by atoms with Gasteiger partial charge in [-0.2, -0.15) is 5.10 Å². The molecule has 1 amide bonds. The van der Waals surface area contributed by atoms with E-state index in [1.807, 2.05) is 18.2 Å². The number of nitro groups is 1. The molecule has 1 aliphatic rings. The normalized spacial score (nSPS) is 20.3. The van der Waals surface area contributed by atoms with E-state index < -0.39 is 4.92 Å². The van der Waals surface area contributed by atoms with Gasteiger partial charge in [-0.15, -0.1) is 0 Å². The summed E-state index contributed by atoms with van der Waals surface area (Å²) in [5, 5.41) is 14.5. The summed E-state index contributed by atoms with van der Waals surface area (Å²) < 4.78 is 1.30. The van der Waals surface area contributed by atoms with Crippen LogP contribution in [0, 0.1) is 16.0 Å². The molecule has 126 valence electrons. The fourth-order valence-electron chi connectivity index (χ4n) is 3.16. The maximum Gasteiger partial charge on any atom is 0.307 e. The minimum atomic E-state index is -0.528. The van der Waals surface area contributed by atoms with Crippen molar-refractivity contribution in [2.24, 2.45) is 11.7 Å². The second kappa shape index (κ2) is 6.79. The fourth-order valence-corrected chi connectivity index (χ4v) is 3.16. The van der Waals surface area contributed by atoms with Gasteiger partial charge in [0.2, 0.25) is 5.91 Å². The summed E-state index contributed by atoms with van der Waals surface area (Å²) in [7, 11) is 0. The van der Waals surface area contributed by atoms with Gasteiger partial charge in [0.15, 0.2) is 0 Å². The first kappa shape index (κ1) is 16.1. The maximum atomic E-state index is 12.5. The smallest absolute Gasteiger partial charge is 0.307 e. The van der Waals surface area contributed by atoms with Crippen LogP contribution in [0.4, 0.5) is 5.69 Å². The van der Waals surface area contributed by atoms with Gasteiger partial charge in [-0.1, -0.05) is 30.3 Å². The number of amides is 1. The summed E-state index contributed by atoms with van der Waals surface area (Å²) in [6, 6.07) is 10.0. The minimum Gasteiger partial charge on any atom is -0.340 e. The maximum absolute atomic E-state index is 12.5. The molecule has 1 fully saturated rings. The third-order valence-electron chi connectivity index (χ3n) is 4.45. The number of likely N-dealkylation sites (tertiary alicyclic amines) is 1. The second-order valence-electron chi connectivity index (χ2n) is 5.96. The Labute approximate surface area is 139 Å². The summed E-state index contributed by atoms with van der Waals surface area (Å²) >= 11 is 0. The van der Waals surface area contributed by atoms with Gasteiger partial charge in [-0.3, -0.25) is 19.6 Å². The molecule has 1 saturated heterocycles. The highest BCUT2D eigenvalue weighted by Crippen LogP contribution is 2.32. The first-order valence-electron chi connectivity index (χ1n) is 7.78. The van der Waals surface area contributed by atoms with E-state index in [1.54, 1.807) is 4.90 Å². The molecule has 8 heteroatoms. The van der Waals surface area contributed by atoms with Crippen LogP contribution in [-0.4, -0.2) is 45.1 Å². The number of nitrogens with zero attached hydrogens (tertiary/aromatic N) is 4. The SMILES string of the molecule is NC[C@@H]1CN(C(=O)Cn2cc([N+](=O)[O-])cn2)C[C@H]1c1ccccc1. The summed E-state index contributed by atoms with van der Waals surface area (Å²) in [6.45, 7) is 1.70. The third kappa shape index (κ3) is 3.28. The average molecular weight is 329 g/mol. The van der Waals surface area contributed by atoms with E-state index in [0.29, 0.717) is 19.6 Å². The number of hydrogen-bond acceptors (Lipinski definition) is 5. The van der Waals surface area contributed by atoms with Gasteiger partial charge in [-0.05, 0) is 18.0 Å². The Morgan fingerprint density at radius 3 is 2.71 bits per heavy atom. The van der Waals surface area contributed by atoms with Crippen LogP contribution in [0.3, 0.4) is 0 Å². The lowest BCUT2D eigenvalue weighted by atomic mass is 9.89. The van der Waals surface area contributed by atoms with Gasteiger partial charge < -0.3 is 10.6 Å². The molecule has 1 aromatic carbocycles. The molecule has 1 aromatic heterocycles. The van der Waals surface area contributed by atoms with Crippen molar-refractivity contribution in [1.29, 1.82) is 0 Å². The van der Waals surface area contributed by atoms with E-state index in [9.17, 15) is 14.9 Å². The van der Waals surface area contributed by atoms with Crippen molar-refractivity contribution in [3.8, 4) is 0 Å². The largest absolute Gasteiger partial charge is 0.340 e. The highest BCUT2D eigenvalue weighted by atomic mass is 16.6. The molecule has 1 aliphatic heterocycles. The second-order valence-corrected chi connectivity index (χ2v) is 5.96. The van der Waals surface area contributed by atoms with Crippen LogP contribution in [0.5, 0.6) is 0 Å². The van der Waals surface area contributed by atoms with E-state index in [-0.39, 0.29) is 30.0 Å². The minimum absolute atomic E-state index is 0.00730. The molecule has 2 aromatic rings. The van der Waals surface area contributed by atoms with Crippen LogP contribution in [0.1, 0.15) is 11.5 Å². The van der Waals surface area contributed by atoms with Crippen LogP contribution >= 0.6 is 0 Å². The van der Waals surface area contributed by atoms with E-state index in [2.05, 4.69) is 17.2 Å². The summed E-state index contributed by atoms with van der Waals surface area (Å²) in [5.41, 5.74) is 6.94. The summed E-state index contributed by atoms with van der Waals surface area (Å²) in [4.78, 5) is 24.4. The number of aromatic nitrogens is 2. The summed E-state index contributed by atoms with van der Waals surface area (Å²) in [5.74, 6) is 0.320. The average Bonchev–Trinajstić information content (AvgIpc) is 3.22. The number of rotatable bonds is 5. The van der Waals surface area contributed by atoms with Crippen LogP contribution in [0.25, 0.3) is 0 Å². The molecule has 0 aliphatic carbocycles. The van der Waals surface area contributed by atoms with Crippen molar-refractivity contribution in [1.82, 2.24) is 14.7 Å². The van der Waals surface area contributed by atoms with Crippen molar-refractivity contribution in [3.63, 3.8) is 0 Å². The van der Waals surface area contributed by atoms with Crippen molar-refractivity contribution in [3.05, 3.63) is 58.4 Å². The van der Waals surface area contributed by atoms with E-state index in [4.69, 9.17) is 5.73 Å². The lowest BCUT2D eigenvalue weighted by molar-refractivity contribution is -0.385. The first-order valence-corrected chi connectivity index (χ1v) is 7.78. The standard InChI is InChI=1S/C16H19N5O3/c17-6-13-8-19(10-15(13)12-4-2-1-3-5-12)16(22)11-20-9-14(7-18-20)21(23)24/h1-5,7,9,13,15H,6,8,10-11,17H2/t13-,15+/m1/s1. The Morgan fingerprint density at radius 1 is 1.33 bits per heavy atom. The van der Waals surface area contributed by atoms with Crippen molar-refractivity contribution in [2.45, 2.75) is 12.5 Å². The number of carbonyl (C=O) groups is 1. The Hall–Kier alpha value is -2.74. The molecule has 0 spiro atoms. The molecule has 8 nitrogen and oxygen atoms in total. The summed E-state index contributed by atoms with van der Waals surface area (Å²) in [6.07, 6.45) is 2.41. The Bertz CT molecular complexity index is 730. The Morgan fingerprint density at radius 2 is 2.08 bits per heavy atom. The number of carbonyl (C=O) groups excluding carboxylic acids is 1. The monoisotopic (exact) mass is 329 g/mol. The molecule has 3 rings (SSSR count). The molecular formula is C16H19N5O3. The molecule has 2 N–H and O–H groups in total.